The average Bonchev–Trinajstić information content (AvgIpc) is 2.65. The average molecular weight is 347 g/mol. The Balaban J connectivity index is 1.70. The van der Waals surface area contributed by atoms with Crippen LogP contribution in [0.3, 0.4) is 0 Å². The molecule has 3 aromatic rings. The van der Waals surface area contributed by atoms with Crippen LogP contribution in [0, 0.1) is 13.8 Å². The second-order valence-corrected chi connectivity index (χ2v) is 6.06. The summed E-state index contributed by atoms with van der Waals surface area (Å²) in [6.07, 6.45) is 1.66. The number of carbonyl (C=O) groups is 1. The molecule has 0 fully saturated rings. The number of rotatable bonds is 5. The molecule has 1 aromatic heterocycles. The Labute approximate surface area is 153 Å². The first-order valence-corrected chi connectivity index (χ1v) is 8.31. The molecule has 0 aliphatic carbocycles. The summed E-state index contributed by atoms with van der Waals surface area (Å²) in [6.45, 7) is 4.10. The molecule has 26 heavy (non-hydrogen) atoms. The van der Waals surface area contributed by atoms with Gasteiger partial charge < -0.3 is 15.4 Å². The monoisotopic (exact) mass is 347 g/mol. The highest BCUT2D eigenvalue weighted by atomic mass is 16.5. The van der Waals surface area contributed by atoms with Gasteiger partial charge in [0.05, 0.1) is 19.0 Å². The van der Waals surface area contributed by atoms with Crippen molar-refractivity contribution in [1.82, 2.24) is 4.98 Å². The van der Waals surface area contributed by atoms with Crippen LogP contribution in [0.4, 0.5) is 17.1 Å². The molecule has 0 bridgehead atoms. The number of ether oxygens (including phenoxy) is 1. The summed E-state index contributed by atoms with van der Waals surface area (Å²) in [7, 11) is 1.59. The molecular formula is C21H21N3O2. The molecule has 0 unspecified atom stereocenters. The molecule has 3 rings (SSSR count). The molecule has 5 nitrogen and oxygen atoms in total. The number of anilines is 3. The van der Waals surface area contributed by atoms with Gasteiger partial charge in [0.25, 0.3) is 5.91 Å². The molecule has 1 amide bonds. The van der Waals surface area contributed by atoms with Gasteiger partial charge in [-0.1, -0.05) is 18.2 Å². The Bertz CT molecular complexity index is 921. The fraction of sp³-hybridized carbons (Fsp3) is 0.143. The number of nitrogens with zero attached hydrogens (tertiary/aromatic N) is 1. The molecule has 5 heteroatoms. The van der Waals surface area contributed by atoms with Crippen molar-refractivity contribution in [3.63, 3.8) is 0 Å². The lowest BCUT2D eigenvalue weighted by Gasteiger charge is -2.11. The summed E-state index contributed by atoms with van der Waals surface area (Å²) in [5, 5.41) is 6.15. The van der Waals surface area contributed by atoms with E-state index < -0.39 is 0 Å². The summed E-state index contributed by atoms with van der Waals surface area (Å²) in [5.74, 6) is 0.417. The zero-order chi connectivity index (χ0) is 18.5. The molecule has 132 valence electrons. The number of amides is 1. The van der Waals surface area contributed by atoms with Crippen LogP contribution in [0.15, 0.2) is 60.8 Å². The molecule has 0 saturated heterocycles. The van der Waals surface area contributed by atoms with E-state index in [1.807, 2.05) is 25.1 Å². The van der Waals surface area contributed by atoms with Crippen LogP contribution in [0.5, 0.6) is 5.75 Å². The first kappa shape index (κ1) is 17.5. The van der Waals surface area contributed by atoms with Crippen molar-refractivity contribution >= 4 is 23.0 Å². The smallest absolute Gasteiger partial charge is 0.274 e. The second kappa shape index (κ2) is 7.70. The Morgan fingerprint density at radius 3 is 2.58 bits per heavy atom. The zero-order valence-corrected chi connectivity index (χ0v) is 15.0. The maximum Gasteiger partial charge on any atom is 0.274 e. The van der Waals surface area contributed by atoms with E-state index in [4.69, 9.17) is 4.74 Å². The molecule has 0 aliphatic rings. The van der Waals surface area contributed by atoms with Crippen LogP contribution in [-0.2, 0) is 0 Å². The fourth-order valence-corrected chi connectivity index (χ4v) is 2.52. The topological polar surface area (TPSA) is 63.2 Å². The number of carbonyl (C=O) groups excluding carboxylic acids is 1. The Morgan fingerprint density at radius 2 is 1.85 bits per heavy atom. The molecular weight excluding hydrogens is 326 g/mol. The predicted octanol–water partition coefficient (Wildman–Crippen LogP) is 4.70. The Morgan fingerprint density at radius 1 is 1.00 bits per heavy atom. The summed E-state index contributed by atoms with van der Waals surface area (Å²) in [6, 6.07) is 17.0. The largest absolute Gasteiger partial charge is 0.497 e. The van der Waals surface area contributed by atoms with Crippen LogP contribution in [-0.4, -0.2) is 18.0 Å². The predicted molar refractivity (Wildman–Crippen MR) is 104 cm³/mol. The number of hydrogen-bond donors (Lipinski definition) is 2. The van der Waals surface area contributed by atoms with Crippen molar-refractivity contribution in [2.24, 2.45) is 0 Å². The second-order valence-electron chi connectivity index (χ2n) is 6.06. The summed E-state index contributed by atoms with van der Waals surface area (Å²) in [5.41, 5.74) is 5.20. The van der Waals surface area contributed by atoms with Crippen molar-refractivity contribution in [3.05, 3.63) is 77.6 Å². The maximum absolute atomic E-state index is 12.3. The minimum absolute atomic E-state index is 0.267. The molecule has 0 radical (unpaired) electrons. The van der Waals surface area contributed by atoms with E-state index in [0.717, 1.165) is 16.9 Å². The van der Waals surface area contributed by atoms with Gasteiger partial charge in [-0.25, -0.2) is 4.98 Å². The number of aryl methyl sites for hydroxylation is 2. The van der Waals surface area contributed by atoms with Crippen LogP contribution in [0.1, 0.15) is 21.6 Å². The summed E-state index contributed by atoms with van der Waals surface area (Å²) < 4.78 is 5.16. The quantitative estimate of drug-likeness (QED) is 0.702. The minimum atomic E-state index is -0.267. The molecule has 0 aliphatic heterocycles. The first-order chi connectivity index (χ1) is 12.5. The number of benzene rings is 2. The van der Waals surface area contributed by atoms with Gasteiger partial charge in [-0.15, -0.1) is 0 Å². The molecule has 0 saturated carbocycles. The third-order valence-electron chi connectivity index (χ3n) is 4.00. The molecule has 0 atom stereocenters. The molecule has 0 spiro atoms. The van der Waals surface area contributed by atoms with Crippen molar-refractivity contribution in [3.8, 4) is 5.75 Å². The number of aromatic nitrogens is 1. The highest BCUT2D eigenvalue weighted by Gasteiger charge is 2.09. The van der Waals surface area contributed by atoms with E-state index in [0.29, 0.717) is 17.1 Å². The number of hydrogen-bond acceptors (Lipinski definition) is 4. The number of methoxy groups -OCH3 is 1. The SMILES string of the molecule is COc1cccc(NC(=O)c2ccc(Nc3cc(C)ccc3C)cn2)c1. The van der Waals surface area contributed by atoms with Gasteiger partial charge in [0.2, 0.25) is 0 Å². The van der Waals surface area contributed by atoms with Crippen molar-refractivity contribution < 1.29 is 9.53 Å². The van der Waals surface area contributed by atoms with Gasteiger partial charge in [-0.2, -0.15) is 0 Å². The Hall–Kier alpha value is -3.34. The van der Waals surface area contributed by atoms with Gasteiger partial charge in [-0.3, -0.25) is 4.79 Å². The first-order valence-electron chi connectivity index (χ1n) is 8.31. The summed E-state index contributed by atoms with van der Waals surface area (Å²) in [4.78, 5) is 16.6. The number of nitrogens with one attached hydrogen (secondary N) is 2. The van der Waals surface area contributed by atoms with Gasteiger partial charge >= 0.3 is 0 Å². The maximum atomic E-state index is 12.3. The molecule has 1 heterocycles. The van der Waals surface area contributed by atoms with Gasteiger partial charge in [0.1, 0.15) is 11.4 Å². The van der Waals surface area contributed by atoms with E-state index >= 15 is 0 Å². The van der Waals surface area contributed by atoms with Crippen molar-refractivity contribution in [1.29, 1.82) is 0 Å². The van der Waals surface area contributed by atoms with Crippen molar-refractivity contribution in [2.75, 3.05) is 17.7 Å². The van der Waals surface area contributed by atoms with E-state index in [1.165, 1.54) is 5.56 Å². The van der Waals surface area contributed by atoms with Crippen LogP contribution in [0.25, 0.3) is 0 Å². The van der Waals surface area contributed by atoms with Crippen LogP contribution in [0.2, 0.25) is 0 Å². The lowest BCUT2D eigenvalue weighted by Crippen LogP contribution is -2.13. The fourth-order valence-electron chi connectivity index (χ4n) is 2.52. The highest BCUT2D eigenvalue weighted by molar-refractivity contribution is 6.03. The van der Waals surface area contributed by atoms with E-state index in [1.54, 1.807) is 31.5 Å². The third-order valence-corrected chi connectivity index (χ3v) is 4.00. The molecule has 2 aromatic carbocycles. The zero-order valence-electron chi connectivity index (χ0n) is 15.0. The number of pyridine rings is 1. The van der Waals surface area contributed by atoms with E-state index in [9.17, 15) is 4.79 Å². The van der Waals surface area contributed by atoms with Gasteiger partial charge in [0.15, 0.2) is 0 Å². The van der Waals surface area contributed by atoms with Crippen LogP contribution >= 0.6 is 0 Å². The summed E-state index contributed by atoms with van der Waals surface area (Å²) >= 11 is 0. The lowest BCUT2D eigenvalue weighted by atomic mass is 10.1. The lowest BCUT2D eigenvalue weighted by molar-refractivity contribution is 0.102. The van der Waals surface area contributed by atoms with E-state index in [-0.39, 0.29) is 5.91 Å². The van der Waals surface area contributed by atoms with Gasteiger partial charge in [0, 0.05) is 17.4 Å². The normalized spacial score (nSPS) is 10.3. The Kier molecular flexibility index (Phi) is 5.17. The third kappa shape index (κ3) is 4.19. The van der Waals surface area contributed by atoms with Crippen LogP contribution < -0.4 is 15.4 Å². The molecule has 2 N–H and O–H groups in total. The standard InChI is InChI=1S/C21H21N3O2/c1-14-7-8-15(2)20(11-14)23-17-9-10-19(22-13-17)21(25)24-16-5-4-6-18(12-16)26-3/h4-13,23H,1-3H3,(H,24,25). The van der Waals surface area contributed by atoms with E-state index in [2.05, 4.69) is 40.7 Å². The highest BCUT2D eigenvalue weighted by Crippen LogP contribution is 2.22. The van der Waals surface area contributed by atoms with Crippen molar-refractivity contribution in [2.45, 2.75) is 13.8 Å². The van der Waals surface area contributed by atoms with Gasteiger partial charge in [-0.05, 0) is 55.3 Å². The minimum Gasteiger partial charge on any atom is -0.497 e.